The van der Waals surface area contributed by atoms with Crippen molar-refractivity contribution >= 4 is 22.4 Å². The lowest BCUT2D eigenvalue weighted by atomic mass is 10.2. The highest BCUT2D eigenvalue weighted by Gasteiger charge is 2.24. The van der Waals surface area contributed by atoms with Crippen molar-refractivity contribution in [2.24, 2.45) is 0 Å². The van der Waals surface area contributed by atoms with Crippen molar-refractivity contribution < 1.29 is 4.21 Å². The molecule has 2 aromatic rings. The molecule has 3 rings (SSSR count). The first-order chi connectivity index (χ1) is 11.1. The lowest BCUT2D eigenvalue weighted by Crippen LogP contribution is -2.35. The number of halogens is 1. The summed E-state index contributed by atoms with van der Waals surface area (Å²) < 4.78 is 13.5. The van der Waals surface area contributed by atoms with Crippen LogP contribution in [-0.4, -0.2) is 35.7 Å². The van der Waals surface area contributed by atoms with Crippen LogP contribution in [0.3, 0.4) is 0 Å². The van der Waals surface area contributed by atoms with Crippen molar-refractivity contribution in [3.8, 4) is 0 Å². The van der Waals surface area contributed by atoms with Crippen LogP contribution in [0, 0.1) is 0 Å². The first-order valence-electron chi connectivity index (χ1n) is 7.18. The Hall–Kier alpha value is -1.92. The second-order valence-corrected chi connectivity index (χ2v) is 7.15. The van der Waals surface area contributed by atoms with Crippen LogP contribution in [0.1, 0.15) is 5.56 Å². The van der Waals surface area contributed by atoms with Gasteiger partial charge in [-0.15, -0.1) is 0 Å². The van der Waals surface area contributed by atoms with Crippen LogP contribution in [-0.2, 0) is 23.9 Å². The molecule has 2 aromatic heterocycles. The van der Waals surface area contributed by atoms with E-state index in [0.717, 1.165) is 11.3 Å². The SMILES string of the molecule is C=C(Cn1cc(Cl)cn1)N(Cc1ccncc1)C1C=CS(=O)C1. The van der Waals surface area contributed by atoms with Crippen LogP contribution in [0.15, 0.2) is 60.7 Å². The Bertz CT molecular complexity index is 744. The second-order valence-electron chi connectivity index (χ2n) is 5.35. The van der Waals surface area contributed by atoms with Gasteiger partial charge in [-0.3, -0.25) is 13.9 Å². The molecule has 0 saturated heterocycles. The van der Waals surface area contributed by atoms with Crippen molar-refractivity contribution in [3.63, 3.8) is 0 Å². The van der Waals surface area contributed by atoms with Gasteiger partial charge in [0.1, 0.15) is 0 Å². The number of pyridine rings is 1. The molecule has 0 saturated carbocycles. The Labute approximate surface area is 142 Å². The van der Waals surface area contributed by atoms with Gasteiger partial charge >= 0.3 is 0 Å². The van der Waals surface area contributed by atoms with E-state index in [9.17, 15) is 4.21 Å². The van der Waals surface area contributed by atoms with E-state index in [1.807, 2.05) is 18.2 Å². The van der Waals surface area contributed by atoms with Crippen molar-refractivity contribution in [3.05, 3.63) is 71.3 Å². The molecule has 23 heavy (non-hydrogen) atoms. The number of hydrogen-bond acceptors (Lipinski definition) is 4. The number of rotatable bonds is 6. The van der Waals surface area contributed by atoms with E-state index in [1.165, 1.54) is 0 Å². The largest absolute Gasteiger partial charge is 0.362 e. The summed E-state index contributed by atoms with van der Waals surface area (Å²) in [5.74, 6) is 0.587. The predicted molar refractivity (Wildman–Crippen MR) is 92.1 cm³/mol. The zero-order chi connectivity index (χ0) is 16.2. The molecule has 0 aliphatic carbocycles. The summed E-state index contributed by atoms with van der Waals surface area (Å²) >= 11 is 5.91. The molecular formula is C16H17ClN4OS. The average Bonchev–Trinajstić information content (AvgIpc) is 3.14. The molecule has 0 aromatic carbocycles. The molecule has 0 bridgehead atoms. The Balaban J connectivity index is 1.78. The minimum absolute atomic E-state index is 0.0718. The molecule has 0 amide bonds. The number of aromatic nitrogens is 3. The molecule has 120 valence electrons. The van der Waals surface area contributed by atoms with Gasteiger partial charge in [0.2, 0.25) is 0 Å². The molecule has 1 aliphatic rings. The highest BCUT2D eigenvalue weighted by atomic mass is 35.5. The lowest BCUT2D eigenvalue weighted by Gasteiger charge is -2.31. The average molecular weight is 349 g/mol. The Morgan fingerprint density at radius 3 is 2.87 bits per heavy atom. The smallest absolute Gasteiger partial charge is 0.0802 e. The van der Waals surface area contributed by atoms with E-state index in [4.69, 9.17) is 11.6 Å². The Morgan fingerprint density at radius 2 is 2.26 bits per heavy atom. The zero-order valence-corrected chi connectivity index (χ0v) is 14.1. The van der Waals surface area contributed by atoms with Gasteiger partial charge in [0, 0.05) is 47.0 Å². The van der Waals surface area contributed by atoms with Crippen LogP contribution in [0.25, 0.3) is 0 Å². The molecule has 2 atom stereocenters. The minimum atomic E-state index is -0.910. The second kappa shape index (κ2) is 7.10. The highest BCUT2D eigenvalue weighted by molar-refractivity contribution is 7.88. The van der Waals surface area contributed by atoms with Gasteiger partial charge in [-0.05, 0) is 17.7 Å². The van der Waals surface area contributed by atoms with Crippen LogP contribution in [0.2, 0.25) is 5.02 Å². The molecule has 5 nitrogen and oxygen atoms in total. The van der Waals surface area contributed by atoms with Gasteiger partial charge < -0.3 is 4.90 Å². The monoisotopic (exact) mass is 348 g/mol. The van der Waals surface area contributed by atoms with Crippen LogP contribution < -0.4 is 0 Å². The number of allylic oxidation sites excluding steroid dienone is 1. The topological polar surface area (TPSA) is 51.0 Å². The lowest BCUT2D eigenvalue weighted by molar-refractivity contribution is 0.286. The standard InChI is InChI=1S/C16H17ClN4OS/c1-13(9-20-11-15(17)8-19-20)21(16-4-7-23(22)12-16)10-14-2-5-18-6-3-14/h2-8,11,16H,1,9-10,12H2. The molecule has 0 spiro atoms. The fraction of sp³-hybridized carbons (Fsp3) is 0.250. The third-order valence-electron chi connectivity index (χ3n) is 3.64. The third-order valence-corrected chi connectivity index (χ3v) is 4.97. The summed E-state index contributed by atoms with van der Waals surface area (Å²) in [6.45, 7) is 5.42. The van der Waals surface area contributed by atoms with Gasteiger partial charge in [0.05, 0.1) is 29.6 Å². The van der Waals surface area contributed by atoms with Crippen LogP contribution >= 0.6 is 11.6 Å². The quantitative estimate of drug-likeness (QED) is 0.805. The first-order valence-corrected chi connectivity index (χ1v) is 8.94. The maximum Gasteiger partial charge on any atom is 0.0802 e. The Kier molecular flexibility index (Phi) is 4.93. The summed E-state index contributed by atoms with van der Waals surface area (Å²) in [6.07, 6.45) is 8.89. The van der Waals surface area contributed by atoms with E-state index in [-0.39, 0.29) is 6.04 Å². The molecular weight excluding hydrogens is 332 g/mol. The number of hydrogen-bond donors (Lipinski definition) is 0. The van der Waals surface area contributed by atoms with Gasteiger partial charge in [-0.25, -0.2) is 0 Å². The summed E-state index contributed by atoms with van der Waals surface area (Å²) in [5, 5.41) is 6.55. The van der Waals surface area contributed by atoms with E-state index in [0.29, 0.717) is 23.9 Å². The van der Waals surface area contributed by atoms with Crippen molar-refractivity contribution in [2.45, 2.75) is 19.1 Å². The van der Waals surface area contributed by atoms with Gasteiger partial charge in [0.25, 0.3) is 0 Å². The molecule has 7 heteroatoms. The maximum absolute atomic E-state index is 11.7. The first kappa shape index (κ1) is 16.0. The minimum Gasteiger partial charge on any atom is -0.362 e. The summed E-state index contributed by atoms with van der Waals surface area (Å²) in [4.78, 5) is 6.20. The van der Waals surface area contributed by atoms with Crippen molar-refractivity contribution in [2.75, 3.05) is 5.75 Å². The Morgan fingerprint density at radius 1 is 1.48 bits per heavy atom. The summed E-state index contributed by atoms with van der Waals surface area (Å²) in [6, 6.07) is 4.02. The molecule has 1 aliphatic heterocycles. The van der Waals surface area contributed by atoms with Gasteiger partial charge in [0.15, 0.2) is 0 Å². The molecule has 0 N–H and O–H groups in total. The van der Waals surface area contributed by atoms with E-state index >= 15 is 0 Å². The van der Waals surface area contributed by atoms with Crippen LogP contribution in [0.5, 0.6) is 0 Å². The summed E-state index contributed by atoms with van der Waals surface area (Å²) in [5.41, 5.74) is 2.03. The van der Waals surface area contributed by atoms with E-state index in [1.54, 1.807) is 34.9 Å². The molecule has 0 radical (unpaired) electrons. The molecule has 0 fully saturated rings. The normalized spacial score (nSPS) is 19.9. The molecule has 2 unspecified atom stereocenters. The van der Waals surface area contributed by atoms with E-state index < -0.39 is 10.8 Å². The van der Waals surface area contributed by atoms with E-state index in [2.05, 4.69) is 21.6 Å². The van der Waals surface area contributed by atoms with Crippen molar-refractivity contribution in [1.82, 2.24) is 19.7 Å². The van der Waals surface area contributed by atoms with Gasteiger partial charge in [-0.1, -0.05) is 24.3 Å². The molecule has 3 heterocycles. The number of nitrogens with zero attached hydrogens (tertiary/aromatic N) is 4. The fourth-order valence-corrected chi connectivity index (χ4v) is 3.75. The third kappa shape index (κ3) is 4.09. The van der Waals surface area contributed by atoms with Crippen molar-refractivity contribution in [1.29, 1.82) is 0 Å². The van der Waals surface area contributed by atoms with Gasteiger partial charge in [-0.2, -0.15) is 5.10 Å². The summed E-state index contributed by atoms with van der Waals surface area (Å²) in [7, 11) is -0.910. The van der Waals surface area contributed by atoms with Crippen LogP contribution in [0.4, 0.5) is 0 Å². The highest BCUT2D eigenvalue weighted by Crippen LogP contribution is 2.21. The predicted octanol–water partition coefficient (Wildman–Crippen LogP) is 2.59. The zero-order valence-electron chi connectivity index (χ0n) is 12.5. The fourth-order valence-electron chi connectivity index (χ4n) is 2.50. The maximum atomic E-state index is 11.7.